The van der Waals surface area contributed by atoms with E-state index in [1.807, 2.05) is 18.2 Å². The largest absolute Gasteiger partial charge is 0.497 e. The van der Waals surface area contributed by atoms with Crippen LogP contribution >= 0.6 is 15.9 Å². The molecule has 0 aliphatic carbocycles. The first-order chi connectivity index (χ1) is 7.20. The highest BCUT2D eigenvalue weighted by molar-refractivity contribution is 9.10. The number of carbonyl (C=O) groups excluding carboxylic acids is 1. The molecule has 1 heterocycles. The summed E-state index contributed by atoms with van der Waals surface area (Å²) in [6, 6.07) is 5.58. The zero-order valence-corrected chi connectivity index (χ0v) is 9.71. The van der Waals surface area contributed by atoms with Crippen molar-refractivity contribution in [1.82, 2.24) is 5.32 Å². The SMILES string of the molecule is COc1ccc(Br)c(C2CNC(=O)O2)c1. The summed E-state index contributed by atoms with van der Waals surface area (Å²) in [6.45, 7) is 0.491. The normalized spacial score (nSPS) is 19.6. The zero-order valence-electron chi connectivity index (χ0n) is 8.12. The average Bonchev–Trinajstić information content (AvgIpc) is 2.65. The Labute approximate surface area is 95.7 Å². The van der Waals surface area contributed by atoms with Crippen LogP contribution in [0.25, 0.3) is 0 Å². The Kier molecular flexibility index (Phi) is 2.81. The van der Waals surface area contributed by atoms with Crippen molar-refractivity contribution in [2.45, 2.75) is 6.10 Å². The van der Waals surface area contributed by atoms with E-state index in [2.05, 4.69) is 21.2 Å². The minimum absolute atomic E-state index is 0.248. The summed E-state index contributed by atoms with van der Waals surface area (Å²) in [5.41, 5.74) is 0.910. The fourth-order valence-corrected chi connectivity index (χ4v) is 1.96. The zero-order chi connectivity index (χ0) is 10.8. The van der Waals surface area contributed by atoms with Gasteiger partial charge in [-0.2, -0.15) is 0 Å². The molecule has 4 nitrogen and oxygen atoms in total. The van der Waals surface area contributed by atoms with Gasteiger partial charge in [0.25, 0.3) is 0 Å². The lowest BCUT2D eigenvalue weighted by atomic mass is 10.1. The molecule has 80 valence electrons. The Morgan fingerprint density at radius 1 is 1.60 bits per heavy atom. The van der Waals surface area contributed by atoms with Gasteiger partial charge in [-0.05, 0) is 18.2 Å². The third kappa shape index (κ3) is 2.07. The Bertz CT molecular complexity index is 394. The number of rotatable bonds is 2. The molecule has 15 heavy (non-hydrogen) atoms. The van der Waals surface area contributed by atoms with Crippen LogP contribution in [0.5, 0.6) is 5.75 Å². The van der Waals surface area contributed by atoms with Crippen LogP contribution in [0.2, 0.25) is 0 Å². The van der Waals surface area contributed by atoms with Crippen molar-refractivity contribution in [3.8, 4) is 5.75 Å². The topological polar surface area (TPSA) is 47.6 Å². The molecule has 5 heteroatoms. The van der Waals surface area contributed by atoms with E-state index in [9.17, 15) is 4.79 Å². The maximum Gasteiger partial charge on any atom is 0.407 e. The summed E-state index contributed by atoms with van der Waals surface area (Å²) in [5, 5.41) is 2.61. The van der Waals surface area contributed by atoms with Crippen molar-refractivity contribution < 1.29 is 14.3 Å². The maximum atomic E-state index is 10.9. The second-order valence-corrected chi connectivity index (χ2v) is 4.02. The van der Waals surface area contributed by atoms with Crippen LogP contribution < -0.4 is 10.1 Å². The van der Waals surface area contributed by atoms with Gasteiger partial charge in [0.05, 0.1) is 13.7 Å². The van der Waals surface area contributed by atoms with Crippen LogP contribution in [-0.2, 0) is 4.74 Å². The Morgan fingerprint density at radius 3 is 3.00 bits per heavy atom. The minimum atomic E-state index is -0.380. The van der Waals surface area contributed by atoms with Crippen LogP contribution in [0.15, 0.2) is 22.7 Å². The molecule has 1 aliphatic heterocycles. The van der Waals surface area contributed by atoms with Gasteiger partial charge in [0.2, 0.25) is 0 Å². The number of alkyl carbamates (subject to hydrolysis) is 1. The number of nitrogens with one attached hydrogen (secondary N) is 1. The molecule has 1 atom stereocenters. The van der Waals surface area contributed by atoms with Gasteiger partial charge in [-0.15, -0.1) is 0 Å². The highest BCUT2D eigenvalue weighted by atomic mass is 79.9. The summed E-state index contributed by atoms with van der Waals surface area (Å²) < 4.78 is 11.1. The molecule has 2 rings (SSSR count). The van der Waals surface area contributed by atoms with Crippen LogP contribution in [0.1, 0.15) is 11.7 Å². The molecule has 0 radical (unpaired) electrons. The number of benzene rings is 1. The lowest BCUT2D eigenvalue weighted by Gasteiger charge is -2.11. The first-order valence-electron chi connectivity index (χ1n) is 4.48. The third-order valence-corrected chi connectivity index (χ3v) is 2.95. The lowest BCUT2D eigenvalue weighted by molar-refractivity contribution is 0.140. The number of carbonyl (C=O) groups is 1. The van der Waals surface area contributed by atoms with Gasteiger partial charge < -0.3 is 14.8 Å². The van der Waals surface area contributed by atoms with Gasteiger partial charge in [0.1, 0.15) is 11.9 Å². The van der Waals surface area contributed by atoms with E-state index >= 15 is 0 Å². The molecule has 0 bridgehead atoms. The molecule has 1 fully saturated rings. The highest BCUT2D eigenvalue weighted by Crippen LogP contribution is 2.31. The first kappa shape index (κ1) is 10.3. The molecule has 1 saturated heterocycles. The number of amides is 1. The molecule has 1 unspecified atom stereocenters. The van der Waals surface area contributed by atoms with Gasteiger partial charge in [-0.3, -0.25) is 0 Å². The van der Waals surface area contributed by atoms with Crippen LogP contribution in [0, 0.1) is 0 Å². The highest BCUT2D eigenvalue weighted by Gasteiger charge is 2.26. The van der Waals surface area contributed by atoms with Crippen molar-refractivity contribution in [2.24, 2.45) is 0 Å². The summed E-state index contributed by atoms with van der Waals surface area (Å²) in [6.07, 6.45) is -0.628. The molecule has 1 amide bonds. The van der Waals surface area contributed by atoms with E-state index in [0.29, 0.717) is 6.54 Å². The van der Waals surface area contributed by atoms with E-state index in [4.69, 9.17) is 9.47 Å². The van der Waals surface area contributed by atoms with Gasteiger partial charge in [0, 0.05) is 10.0 Å². The van der Waals surface area contributed by atoms with E-state index in [1.165, 1.54) is 0 Å². The summed E-state index contributed by atoms with van der Waals surface area (Å²) in [4.78, 5) is 10.9. The lowest BCUT2D eigenvalue weighted by Crippen LogP contribution is -2.12. The number of hydrogen-bond acceptors (Lipinski definition) is 3. The molecular formula is C10H10BrNO3. The fraction of sp³-hybridized carbons (Fsp3) is 0.300. The number of methoxy groups -OCH3 is 1. The molecule has 0 saturated carbocycles. The van der Waals surface area contributed by atoms with Crippen LogP contribution in [0.3, 0.4) is 0 Å². The first-order valence-corrected chi connectivity index (χ1v) is 5.28. The van der Waals surface area contributed by atoms with Crippen LogP contribution in [-0.4, -0.2) is 19.7 Å². The third-order valence-electron chi connectivity index (χ3n) is 2.23. The van der Waals surface area contributed by atoms with E-state index in [0.717, 1.165) is 15.8 Å². The molecule has 1 aromatic carbocycles. The number of hydrogen-bond donors (Lipinski definition) is 1. The minimum Gasteiger partial charge on any atom is -0.497 e. The number of cyclic esters (lactones) is 1. The Hall–Kier alpha value is -1.23. The molecule has 0 spiro atoms. The van der Waals surface area contributed by atoms with Crippen molar-refractivity contribution in [3.05, 3.63) is 28.2 Å². The standard InChI is InChI=1S/C10H10BrNO3/c1-14-6-2-3-8(11)7(4-6)9-5-12-10(13)15-9/h2-4,9H,5H2,1H3,(H,12,13). The van der Waals surface area contributed by atoms with E-state index < -0.39 is 0 Å². The van der Waals surface area contributed by atoms with Gasteiger partial charge in [0.15, 0.2) is 0 Å². The van der Waals surface area contributed by atoms with Gasteiger partial charge in [-0.1, -0.05) is 15.9 Å². The summed E-state index contributed by atoms with van der Waals surface area (Å²) >= 11 is 3.41. The molecular weight excluding hydrogens is 262 g/mol. The Balaban J connectivity index is 2.30. The molecule has 0 aromatic heterocycles. The van der Waals surface area contributed by atoms with Crippen molar-refractivity contribution in [3.63, 3.8) is 0 Å². The quantitative estimate of drug-likeness (QED) is 0.898. The Morgan fingerprint density at radius 2 is 2.40 bits per heavy atom. The predicted octanol–water partition coefficient (Wildman–Crippen LogP) is 2.24. The van der Waals surface area contributed by atoms with Gasteiger partial charge >= 0.3 is 6.09 Å². The maximum absolute atomic E-state index is 10.9. The second-order valence-electron chi connectivity index (χ2n) is 3.16. The summed E-state index contributed by atoms with van der Waals surface area (Å²) in [5.74, 6) is 0.746. The van der Waals surface area contributed by atoms with Crippen LogP contribution in [0.4, 0.5) is 4.79 Å². The van der Waals surface area contributed by atoms with E-state index in [-0.39, 0.29) is 12.2 Å². The second kappa shape index (κ2) is 4.10. The molecule has 1 N–H and O–H groups in total. The smallest absolute Gasteiger partial charge is 0.407 e. The number of ether oxygens (including phenoxy) is 2. The monoisotopic (exact) mass is 271 g/mol. The fourth-order valence-electron chi connectivity index (χ4n) is 1.46. The van der Waals surface area contributed by atoms with Crippen molar-refractivity contribution >= 4 is 22.0 Å². The number of halogens is 1. The summed E-state index contributed by atoms with van der Waals surface area (Å²) in [7, 11) is 1.60. The molecule has 1 aromatic rings. The predicted molar refractivity (Wildman–Crippen MR) is 57.9 cm³/mol. The van der Waals surface area contributed by atoms with Gasteiger partial charge in [-0.25, -0.2) is 4.79 Å². The van der Waals surface area contributed by atoms with Crippen molar-refractivity contribution in [1.29, 1.82) is 0 Å². The van der Waals surface area contributed by atoms with Crippen molar-refractivity contribution in [2.75, 3.05) is 13.7 Å². The average molecular weight is 272 g/mol. The molecule has 1 aliphatic rings. The van der Waals surface area contributed by atoms with E-state index in [1.54, 1.807) is 7.11 Å².